The molecule has 0 fully saturated rings. The molecule has 170 valence electrons. The molecule has 0 aliphatic rings. The van der Waals surface area contributed by atoms with E-state index in [1.807, 2.05) is 57.3 Å². The molecule has 1 aromatic heterocycles. The van der Waals surface area contributed by atoms with E-state index in [9.17, 15) is 13.2 Å². The molecule has 0 aliphatic carbocycles. The predicted molar refractivity (Wildman–Crippen MR) is 124 cm³/mol. The molecule has 3 aromatic rings. The zero-order valence-electron chi connectivity index (χ0n) is 18.5. The summed E-state index contributed by atoms with van der Waals surface area (Å²) in [4.78, 5) is 12.6. The Morgan fingerprint density at radius 1 is 1.06 bits per heavy atom. The molecule has 2 aromatic carbocycles. The Morgan fingerprint density at radius 2 is 1.72 bits per heavy atom. The Hall–Kier alpha value is -3.17. The zero-order valence-corrected chi connectivity index (χ0v) is 19.3. The lowest BCUT2D eigenvalue weighted by molar-refractivity contribution is 0.237. The molecule has 0 saturated heterocycles. The topological polar surface area (TPSA) is 96.3 Å². The third kappa shape index (κ3) is 5.54. The van der Waals surface area contributed by atoms with E-state index in [2.05, 4.69) is 15.7 Å². The second kappa shape index (κ2) is 10.4. The normalized spacial score (nSPS) is 12.5. The smallest absolute Gasteiger partial charge is 0.315 e. The summed E-state index contributed by atoms with van der Waals surface area (Å²) in [5, 5.41) is 10.0. The van der Waals surface area contributed by atoms with Gasteiger partial charge in [-0.1, -0.05) is 44.2 Å². The van der Waals surface area contributed by atoms with Crippen LogP contribution in [0.1, 0.15) is 37.9 Å². The molecule has 8 nitrogen and oxygen atoms in total. The summed E-state index contributed by atoms with van der Waals surface area (Å²) in [5.74, 6) is 0. The number of hydrogen-bond acceptors (Lipinski definition) is 4. The molecule has 0 radical (unpaired) electrons. The van der Waals surface area contributed by atoms with E-state index in [1.165, 1.54) is 4.31 Å². The molecule has 2 amide bonds. The number of urea groups is 1. The minimum atomic E-state index is -3.50. The predicted octanol–water partition coefficient (Wildman–Crippen LogP) is 3.46. The second-order valence-electron chi connectivity index (χ2n) is 7.34. The van der Waals surface area contributed by atoms with Crippen molar-refractivity contribution in [2.75, 3.05) is 13.1 Å². The van der Waals surface area contributed by atoms with Crippen molar-refractivity contribution >= 4 is 16.1 Å². The summed E-state index contributed by atoms with van der Waals surface area (Å²) in [5.41, 5.74) is 2.64. The van der Waals surface area contributed by atoms with Crippen LogP contribution in [0.2, 0.25) is 0 Å². The molecular formula is C23H29N5O3S. The SMILES string of the molecule is CCN(CC)S(=O)(=O)c1ccc([C@@H](C)NC(=O)NCc2cnn(-c3ccccc3)c2)cc1. The molecule has 0 saturated carbocycles. The highest BCUT2D eigenvalue weighted by atomic mass is 32.2. The third-order valence-electron chi connectivity index (χ3n) is 5.18. The Labute approximate surface area is 189 Å². The lowest BCUT2D eigenvalue weighted by atomic mass is 10.1. The van der Waals surface area contributed by atoms with E-state index in [-0.39, 0.29) is 17.0 Å². The van der Waals surface area contributed by atoms with Crippen molar-refractivity contribution in [3.05, 3.63) is 78.1 Å². The number of rotatable bonds is 9. The number of aromatic nitrogens is 2. The summed E-state index contributed by atoms with van der Waals surface area (Å²) in [6.07, 6.45) is 3.58. The maximum atomic E-state index is 12.6. The van der Waals surface area contributed by atoms with Gasteiger partial charge >= 0.3 is 6.03 Å². The number of amides is 2. The van der Waals surface area contributed by atoms with Crippen LogP contribution in [-0.2, 0) is 16.6 Å². The van der Waals surface area contributed by atoms with E-state index in [4.69, 9.17) is 0 Å². The first-order valence-electron chi connectivity index (χ1n) is 10.6. The fourth-order valence-corrected chi connectivity index (χ4v) is 4.79. The van der Waals surface area contributed by atoms with Gasteiger partial charge in [-0.25, -0.2) is 17.9 Å². The average molecular weight is 456 g/mol. The molecule has 0 aliphatic heterocycles. The van der Waals surface area contributed by atoms with E-state index in [0.717, 1.165) is 16.8 Å². The van der Waals surface area contributed by atoms with Gasteiger partial charge in [-0.05, 0) is 36.8 Å². The molecule has 2 N–H and O–H groups in total. The van der Waals surface area contributed by atoms with Crippen LogP contribution in [0.3, 0.4) is 0 Å². The minimum Gasteiger partial charge on any atom is -0.334 e. The van der Waals surface area contributed by atoms with Gasteiger partial charge in [0, 0.05) is 31.4 Å². The van der Waals surface area contributed by atoms with Crippen LogP contribution in [0, 0.1) is 0 Å². The number of nitrogens with zero attached hydrogens (tertiary/aromatic N) is 3. The Bertz CT molecular complexity index is 1120. The third-order valence-corrected chi connectivity index (χ3v) is 7.24. The average Bonchev–Trinajstić information content (AvgIpc) is 3.28. The zero-order chi connectivity index (χ0) is 23.1. The minimum absolute atomic E-state index is 0.247. The second-order valence-corrected chi connectivity index (χ2v) is 9.27. The van der Waals surface area contributed by atoms with Crippen molar-refractivity contribution in [3.63, 3.8) is 0 Å². The van der Waals surface area contributed by atoms with Crippen LogP contribution < -0.4 is 10.6 Å². The largest absolute Gasteiger partial charge is 0.334 e. The Balaban J connectivity index is 1.55. The summed E-state index contributed by atoms with van der Waals surface area (Å²) in [6, 6.07) is 15.7. The monoisotopic (exact) mass is 455 g/mol. The van der Waals surface area contributed by atoms with Gasteiger partial charge in [-0.15, -0.1) is 0 Å². The van der Waals surface area contributed by atoms with Crippen LogP contribution in [0.5, 0.6) is 0 Å². The summed E-state index contributed by atoms with van der Waals surface area (Å²) in [7, 11) is -3.50. The van der Waals surface area contributed by atoms with Gasteiger partial charge in [0.2, 0.25) is 10.0 Å². The van der Waals surface area contributed by atoms with E-state index >= 15 is 0 Å². The van der Waals surface area contributed by atoms with Gasteiger partial charge < -0.3 is 10.6 Å². The van der Waals surface area contributed by atoms with Crippen molar-refractivity contribution < 1.29 is 13.2 Å². The first kappa shape index (κ1) is 23.5. The molecule has 0 bridgehead atoms. The fourth-order valence-electron chi connectivity index (χ4n) is 3.33. The van der Waals surface area contributed by atoms with E-state index in [1.54, 1.807) is 35.1 Å². The van der Waals surface area contributed by atoms with Crippen molar-refractivity contribution in [2.24, 2.45) is 0 Å². The highest BCUT2D eigenvalue weighted by Gasteiger charge is 2.21. The standard InChI is InChI=1S/C23H29N5O3S/c1-4-27(5-2)32(30,31)22-13-11-20(12-14-22)18(3)26-23(29)24-15-19-16-25-28(17-19)21-9-7-6-8-10-21/h6-14,16-18H,4-5,15H2,1-3H3,(H2,24,26,29)/t18-/m1/s1. The summed E-state index contributed by atoms with van der Waals surface area (Å²) in [6.45, 7) is 6.65. The quantitative estimate of drug-likeness (QED) is 0.516. The van der Waals surface area contributed by atoms with Crippen LogP contribution in [-0.4, -0.2) is 41.6 Å². The van der Waals surface area contributed by atoms with Crippen molar-refractivity contribution in [1.82, 2.24) is 24.7 Å². The van der Waals surface area contributed by atoms with Gasteiger partial charge in [0.25, 0.3) is 0 Å². The van der Waals surface area contributed by atoms with Crippen molar-refractivity contribution in [1.29, 1.82) is 0 Å². The Morgan fingerprint density at radius 3 is 2.34 bits per heavy atom. The maximum absolute atomic E-state index is 12.6. The van der Waals surface area contributed by atoms with Crippen LogP contribution >= 0.6 is 0 Å². The molecule has 0 spiro atoms. The number of sulfonamides is 1. The van der Waals surface area contributed by atoms with Crippen LogP contribution in [0.4, 0.5) is 4.79 Å². The number of carbonyl (C=O) groups excluding carboxylic acids is 1. The first-order valence-corrected chi connectivity index (χ1v) is 12.0. The molecule has 3 rings (SSSR count). The molecule has 1 heterocycles. The number of benzene rings is 2. The van der Waals surface area contributed by atoms with Gasteiger partial charge in [0.1, 0.15) is 0 Å². The van der Waals surface area contributed by atoms with Crippen molar-refractivity contribution in [3.8, 4) is 5.69 Å². The van der Waals surface area contributed by atoms with Gasteiger partial charge in [-0.3, -0.25) is 0 Å². The maximum Gasteiger partial charge on any atom is 0.315 e. The molecule has 9 heteroatoms. The Kier molecular flexibility index (Phi) is 7.66. The van der Waals surface area contributed by atoms with Gasteiger partial charge in [0.15, 0.2) is 0 Å². The highest BCUT2D eigenvalue weighted by Crippen LogP contribution is 2.19. The van der Waals surface area contributed by atoms with E-state index in [0.29, 0.717) is 19.6 Å². The summed E-state index contributed by atoms with van der Waals surface area (Å²) >= 11 is 0. The number of nitrogens with one attached hydrogen (secondary N) is 2. The van der Waals surface area contributed by atoms with Crippen LogP contribution in [0.15, 0.2) is 71.9 Å². The molecule has 32 heavy (non-hydrogen) atoms. The molecule has 1 atom stereocenters. The fraction of sp³-hybridized carbons (Fsp3) is 0.304. The van der Waals surface area contributed by atoms with Crippen molar-refractivity contribution in [2.45, 2.75) is 38.3 Å². The van der Waals surface area contributed by atoms with E-state index < -0.39 is 10.0 Å². The molecule has 0 unspecified atom stereocenters. The van der Waals surface area contributed by atoms with Crippen LogP contribution in [0.25, 0.3) is 5.69 Å². The van der Waals surface area contributed by atoms with Gasteiger partial charge in [0.05, 0.1) is 22.8 Å². The summed E-state index contributed by atoms with van der Waals surface area (Å²) < 4.78 is 28.4. The lowest BCUT2D eigenvalue weighted by Crippen LogP contribution is -2.36. The number of carbonyl (C=O) groups is 1. The highest BCUT2D eigenvalue weighted by molar-refractivity contribution is 7.89. The first-order chi connectivity index (χ1) is 15.3. The van der Waals surface area contributed by atoms with Gasteiger partial charge in [-0.2, -0.15) is 9.40 Å². The molecular weight excluding hydrogens is 426 g/mol. The number of para-hydroxylation sites is 1. The number of hydrogen-bond donors (Lipinski definition) is 2. The lowest BCUT2D eigenvalue weighted by Gasteiger charge is -2.19.